The second kappa shape index (κ2) is 5.97. The van der Waals surface area contributed by atoms with Gasteiger partial charge in [0.15, 0.2) is 0 Å². The summed E-state index contributed by atoms with van der Waals surface area (Å²) in [6.45, 7) is 5.65. The summed E-state index contributed by atoms with van der Waals surface area (Å²) in [5.74, 6) is 3.03. The molecule has 0 radical (unpaired) electrons. The van der Waals surface area contributed by atoms with Gasteiger partial charge in [0.1, 0.15) is 18.0 Å². The minimum Gasteiger partial charge on any atom is -0.481 e. The number of carbonyl (C=O) groups is 1. The van der Waals surface area contributed by atoms with Crippen molar-refractivity contribution in [2.75, 3.05) is 11.9 Å². The highest BCUT2D eigenvalue weighted by molar-refractivity contribution is 5.84. The van der Waals surface area contributed by atoms with E-state index in [1.165, 1.54) is 0 Å². The Bertz CT molecular complexity index is 438. The molecule has 0 unspecified atom stereocenters. The molecule has 0 aliphatic heterocycles. The van der Waals surface area contributed by atoms with Crippen LogP contribution in [0.15, 0.2) is 24.3 Å². The molecule has 0 saturated heterocycles. The van der Waals surface area contributed by atoms with Crippen LogP contribution in [0.25, 0.3) is 0 Å². The van der Waals surface area contributed by atoms with Crippen LogP contribution in [0.3, 0.4) is 0 Å². The maximum Gasteiger partial charge on any atom is 0.412 e. The van der Waals surface area contributed by atoms with E-state index in [0.717, 1.165) is 0 Å². The van der Waals surface area contributed by atoms with Crippen LogP contribution in [0.2, 0.25) is 0 Å². The van der Waals surface area contributed by atoms with E-state index in [0.29, 0.717) is 11.4 Å². The first-order chi connectivity index (χ1) is 8.40. The molecule has 1 rings (SSSR count). The zero-order chi connectivity index (χ0) is 13.6. The number of ether oxygens (including phenoxy) is 2. The molecule has 1 N–H and O–H groups in total. The minimum atomic E-state index is -0.514. The van der Waals surface area contributed by atoms with Crippen molar-refractivity contribution < 1.29 is 14.3 Å². The molecule has 96 valence electrons. The quantitative estimate of drug-likeness (QED) is 0.835. The fourth-order valence-corrected chi connectivity index (χ4v) is 1.18. The van der Waals surface area contributed by atoms with Gasteiger partial charge in [-0.15, -0.1) is 6.42 Å². The summed E-state index contributed by atoms with van der Waals surface area (Å²) in [6, 6.07) is 6.89. The van der Waals surface area contributed by atoms with Crippen LogP contribution >= 0.6 is 0 Å². The summed E-state index contributed by atoms with van der Waals surface area (Å²) in [7, 11) is 0. The Morgan fingerprint density at radius 2 is 1.94 bits per heavy atom. The number of nitrogens with one attached hydrogen (secondary N) is 1. The fourth-order valence-electron chi connectivity index (χ4n) is 1.18. The van der Waals surface area contributed by atoms with Crippen LogP contribution in [0.4, 0.5) is 10.5 Å². The number of hydrogen-bond acceptors (Lipinski definition) is 3. The molecule has 0 aliphatic rings. The van der Waals surface area contributed by atoms with Gasteiger partial charge >= 0.3 is 6.09 Å². The van der Waals surface area contributed by atoms with Gasteiger partial charge in [-0.3, -0.25) is 5.32 Å². The van der Waals surface area contributed by atoms with Gasteiger partial charge in [0.05, 0.1) is 0 Å². The highest BCUT2D eigenvalue weighted by Gasteiger charge is 2.15. The van der Waals surface area contributed by atoms with Gasteiger partial charge in [0, 0.05) is 5.69 Å². The maximum atomic E-state index is 11.5. The second-order valence-corrected chi connectivity index (χ2v) is 4.64. The molecule has 1 aromatic rings. The van der Waals surface area contributed by atoms with Gasteiger partial charge in [-0.25, -0.2) is 4.79 Å². The first-order valence-electron chi connectivity index (χ1n) is 5.57. The summed E-state index contributed by atoms with van der Waals surface area (Å²) >= 11 is 0. The lowest BCUT2D eigenvalue weighted by molar-refractivity contribution is 0.0636. The van der Waals surface area contributed by atoms with E-state index in [1.807, 2.05) is 20.8 Å². The molecule has 0 aromatic heterocycles. The summed E-state index contributed by atoms with van der Waals surface area (Å²) < 4.78 is 10.3. The fraction of sp³-hybridized carbons (Fsp3) is 0.357. The zero-order valence-corrected chi connectivity index (χ0v) is 10.8. The Balaban J connectivity index is 2.54. The standard InChI is InChI=1S/C14H17NO3/c1-5-10-17-12-8-6-11(7-9-12)15-13(16)18-14(2,3)4/h1,6-9H,10H2,2-4H3,(H,15,16). The van der Waals surface area contributed by atoms with Crippen molar-refractivity contribution in [2.24, 2.45) is 0 Å². The van der Waals surface area contributed by atoms with E-state index in [-0.39, 0.29) is 6.61 Å². The Morgan fingerprint density at radius 1 is 1.33 bits per heavy atom. The Morgan fingerprint density at radius 3 is 2.44 bits per heavy atom. The number of anilines is 1. The molecule has 4 nitrogen and oxygen atoms in total. The molecule has 0 heterocycles. The molecule has 0 saturated carbocycles. The normalized spacial score (nSPS) is 10.3. The molecule has 0 bridgehead atoms. The molecule has 0 aliphatic carbocycles. The summed E-state index contributed by atoms with van der Waals surface area (Å²) in [4.78, 5) is 11.5. The van der Waals surface area contributed by atoms with Crippen molar-refractivity contribution >= 4 is 11.8 Å². The van der Waals surface area contributed by atoms with E-state index in [4.69, 9.17) is 15.9 Å². The molecule has 4 heteroatoms. The predicted octanol–water partition coefficient (Wildman–Crippen LogP) is 3.05. The van der Waals surface area contributed by atoms with Crippen molar-refractivity contribution in [3.05, 3.63) is 24.3 Å². The highest BCUT2D eigenvalue weighted by atomic mass is 16.6. The minimum absolute atomic E-state index is 0.221. The van der Waals surface area contributed by atoms with Gasteiger partial charge in [-0.2, -0.15) is 0 Å². The van der Waals surface area contributed by atoms with E-state index < -0.39 is 11.7 Å². The average Bonchev–Trinajstić information content (AvgIpc) is 2.25. The lowest BCUT2D eigenvalue weighted by atomic mass is 10.2. The van der Waals surface area contributed by atoms with Gasteiger partial charge in [0.25, 0.3) is 0 Å². The van der Waals surface area contributed by atoms with Gasteiger partial charge in [-0.1, -0.05) is 5.92 Å². The first kappa shape index (κ1) is 13.9. The van der Waals surface area contributed by atoms with Gasteiger partial charge in [-0.05, 0) is 45.0 Å². The number of terminal acetylenes is 1. The Labute approximate surface area is 107 Å². The van der Waals surface area contributed by atoms with Crippen molar-refractivity contribution in [1.29, 1.82) is 0 Å². The lowest BCUT2D eigenvalue weighted by Gasteiger charge is -2.19. The first-order valence-corrected chi connectivity index (χ1v) is 5.57. The number of carbonyl (C=O) groups excluding carboxylic acids is 1. The third kappa shape index (κ3) is 5.26. The van der Waals surface area contributed by atoms with Crippen LogP contribution in [-0.2, 0) is 4.74 Å². The number of amides is 1. The summed E-state index contributed by atoms with van der Waals surface area (Å²) in [5, 5.41) is 2.62. The average molecular weight is 247 g/mol. The molecule has 1 amide bonds. The van der Waals surface area contributed by atoms with Crippen LogP contribution in [0.1, 0.15) is 20.8 Å². The summed E-state index contributed by atoms with van der Waals surface area (Å²) in [5.41, 5.74) is 0.122. The van der Waals surface area contributed by atoms with Crippen molar-refractivity contribution in [3.63, 3.8) is 0 Å². The lowest BCUT2D eigenvalue weighted by Crippen LogP contribution is -2.27. The number of benzene rings is 1. The molecule has 1 aromatic carbocycles. The molecular formula is C14H17NO3. The summed E-state index contributed by atoms with van der Waals surface area (Å²) in [6.07, 6.45) is 4.60. The Hall–Kier alpha value is -2.15. The van der Waals surface area contributed by atoms with E-state index in [9.17, 15) is 4.79 Å². The number of hydrogen-bond donors (Lipinski definition) is 1. The maximum absolute atomic E-state index is 11.5. The van der Waals surface area contributed by atoms with Crippen LogP contribution in [0.5, 0.6) is 5.75 Å². The third-order valence-corrected chi connectivity index (χ3v) is 1.82. The van der Waals surface area contributed by atoms with Crippen LogP contribution in [-0.4, -0.2) is 18.3 Å². The van der Waals surface area contributed by atoms with E-state index in [1.54, 1.807) is 24.3 Å². The Kier molecular flexibility index (Phi) is 4.61. The molecule has 0 spiro atoms. The van der Waals surface area contributed by atoms with Gasteiger partial charge in [0.2, 0.25) is 0 Å². The second-order valence-electron chi connectivity index (χ2n) is 4.64. The zero-order valence-electron chi connectivity index (χ0n) is 10.8. The topological polar surface area (TPSA) is 47.6 Å². The number of rotatable bonds is 3. The molecule has 18 heavy (non-hydrogen) atoms. The van der Waals surface area contributed by atoms with Crippen molar-refractivity contribution in [3.8, 4) is 18.1 Å². The van der Waals surface area contributed by atoms with Crippen LogP contribution < -0.4 is 10.1 Å². The predicted molar refractivity (Wildman–Crippen MR) is 70.6 cm³/mol. The molecular weight excluding hydrogens is 230 g/mol. The highest BCUT2D eigenvalue weighted by Crippen LogP contribution is 2.16. The molecule has 0 atom stereocenters. The SMILES string of the molecule is C#CCOc1ccc(NC(=O)OC(C)(C)C)cc1. The van der Waals surface area contributed by atoms with E-state index >= 15 is 0 Å². The van der Waals surface area contributed by atoms with Crippen molar-refractivity contribution in [1.82, 2.24) is 0 Å². The van der Waals surface area contributed by atoms with Crippen LogP contribution in [0, 0.1) is 12.3 Å². The monoisotopic (exact) mass is 247 g/mol. The largest absolute Gasteiger partial charge is 0.481 e. The van der Waals surface area contributed by atoms with Crippen molar-refractivity contribution in [2.45, 2.75) is 26.4 Å². The third-order valence-electron chi connectivity index (χ3n) is 1.82. The van der Waals surface area contributed by atoms with E-state index in [2.05, 4.69) is 11.2 Å². The smallest absolute Gasteiger partial charge is 0.412 e. The molecule has 0 fully saturated rings. The van der Waals surface area contributed by atoms with Gasteiger partial charge < -0.3 is 9.47 Å².